The Morgan fingerprint density at radius 1 is 0.696 bits per heavy atom. The summed E-state index contributed by atoms with van der Waals surface area (Å²) >= 11 is 0. The summed E-state index contributed by atoms with van der Waals surface area (Å²) in [4.78, 5) is 0. The summed E-state index contributed by atoms with van der Waals surface area (Å²) in [5.41, 5.74) is 4.56. The number of hydrogen-bond acceptors (Lipinski definition) is 0. The molecule has 0 atom stereocenters. The Morgan fingerprint density at radius 2 is 1.26 bits per heavy atom. The highest BCUT2D eigenvalue weighted by molar-refractivity contribution is 5.34. The largest absolute Gasteiger partial charge is 0.0654 e. The molecule has 1 aromatic rings. The van der Waals surface area contributed by atoms with Crippen molar-refractivity contribution >= 4 is 0 Å². The molecule has 131 valence electrons. The third-order valence-electron chi connectivity index (χ3n) is 5.00. The van der Waals surface area contributed by atoms with Gasteiger partial charge in [-0.2, -0.15) is 0 Å². The quantitative estimate of drug-likeness (QED) is 0.310. The highest BCUT2D eigenvalue weighted by Gasteiger charge is 2.05. The molecule has 0 fully saturated rings. The second-order valence-electron chi connectivity index (χ2n) is 7.14. The average molecular weight is 316 g/mol. The summed E-state index contributed by atoms with van der Waals surface area (Å²) in [5, 5.41) is 0. The Balaban J connectivity index is 2.15. The first kappa shape index (κ1) is 20.3. The van der Waals surface area contributed by atoms with Crippen molar-refractivity contribution < 1.29 is 0 Å². The number of aryl methyl sites for hydroxylation is 2. The van der Waals surface area contributed by atoms with E-state index in [0.717, 1.165) is 0 Å². The lowest BCUT2D eigenvalue weighted by atomic mass is 9.93. The molecule has 0 saturated carbocycles. The predicted molar refractivity (Wildman–Crippen MR) is 104 cm³/mol. The predicted octanol–water partition coefficient (Wildman–Crippen LogP) is 7.60. The maximum absolute atomic E-state index is 3.40. The van der Waals surface area contributed by atoms with Crippen LogP contribution in [0.15, 0.2) is 12.1 Å². The number of benzene rings is 1. The maximum Gasteiger partial charge on any atom is -0.0149 e. The molecule has 0 N–H and O–H groups in total. The first-order chi connectivity index (χ1) is 11.3. The fraction of sp³-hybridized carbons (Fsp3) is 0.739. The third kappa shape index (κ3) is 9.18. The van der Waals surface area contributed by atoms with Crippen LogP contribution in [0.1, 0.15) is 108 Å². The van der Waals surface area contributed by atoms with Crippen LogP contribution in [0.5, 0.6) is 0 Å². The molecular formula is C23H39. The van der Waals surface area contributed by atoms with E-state index in [1.54, 1.807) is 11.1 Å². The van der Waals surface area contributed by atoms with Gasteiger partial charge >= 0.3 is 0 Å². The molecule has 0 spiro atoms. The van der Waals surface area contributed by atoms with Gasteiger partial charge in [0.1, 0.15) is 0 Å². The molecule has 0 aliphatic carbocycles. The van der Waals surface area contributed by atoms with E-state index < -0.39 is 0 Å². The van der Waals surface area contributed by atoms with E-state index in [1.165, 1.54) is 95.5 Å². The zero-order valence-corrected chi connectivity index (χ0v) is 16.1. The fourth-order valence-corrected chi connectivity index (χ4v) is 3.43. The van der Waals surface area contributed by atoms with Crippen molar-refractivity contribution in [3.05, 3.63) is 34.9 Å². The number of unbranched alkanes of at least 4 members (excludes halogenated alkanes) is 10. The van der Waals surface area contributed by atoms with Crippen LogP contribution in [-0.2, 0) is 12.8 Å². The fourth-order valence-electron chi connectivity index (χ4n) is 3.43. The van der Waals surface area contributed by atoms with Gasteiger partial charge in [-0.05, 0) is 55.4 Å². The highest BCUT2D eigenvalue weighted by atomic mass is 14.1. The first-order valence-electron chi connectivity index (χ1n) is 10.3. The van der Waals surface area contributed by atoms with E-state index >= 15 is 0 Å². The van der Waals surface area contributed by atoms with Gasteiger partial charge in [0.15, 0.2) is 0 Å². The van der Waals surface area contributed by atoms with Gasteiger partial charge < -0.3 is 0 Å². The average Bonchev–Trinajstić information content (AvgIpc) is 2.56. The van der Waals surface area contributed by atoms with Crippen molar-refractivity contribution in [1.82, 2.24) is 0 Å². The van der Waals surface area contributed by atoms with Crippen molar-refractivity contribution in [1.29, 1.82) is 0 Å². The molecule has 1 radical (unpaired) electrons. The number of rotatable bonds is 14. The molecule has 0 unspecified atom stereocenters. The molecule has 1 aromatic carbocycles. The zero-order valence-electron chi connectivity index (χ0n) is 16.1. The van der Waals surface area contributed by atoms with Gasteiger partial charge in [0, 0.05) is 0 Å². The molecule has 0 heterocycles. The lowest BCUT2D eigenvalue weighted by molar-refractivity contribution is 0.556. The monoisotopic (exact) mass is 315 g/mol. The van der Waals surface area contributed by atoms with Gasteiger partial charge in [-0.1, -0.05) is 90.2 Å². The third-order valence-corrected chi connectivity index (χ3v) is 5.00. The molecule has 0 aliphatic heterocycles. The molecular weight excluding hydrogens is 276 g/mol. The van der Waals surface area contributed by atoms with Crippen LogP contribution in [0.2, 0.25) is 0 Å². The molecule has 0 heteroatoms. The second-order valence-corrected chi connectivity index (χ2v) is 7.14. The van der Waals surface area contributed by atoms with E-state index in [9.17, 15) is 0 Å². The molecule has 0 nitrogen and oxygen atoms in total. The van der Waals surface area contributed by atoms with E-state index in [0.29, 0.717) is 0 Å². The summed E-state index contributed by atoms with van der Waals surface area (Å²) in [6.45, 7) is 6.81. The minimum atomic E-state index is 1.25. The molecule has 0 aromatic heterocycles. The van der Waals surface area contributed by atoms with Crippen LogP contribution in [-0.4, -0.2) is 0 Å². The zero-order chi connectivity index (χ0) is 16.8. The lowest BCUT2D eigenvalue weighted by Gasteiger charge is -2.12. The van der Waals surface area contributed by atoms with Gasteiger partial charge in [-0.25, -0.2) is 0 Å². The SMILES string of the molecule is CCCCCCCCCCCCc1c(C)[c]ccc1CCCC. The molecule has 0 bridgehead atoms. The minimum Gasteiger partial charge on any atom is -0.0654 e. The normalized spacial score (nSPS) is 11.1. The Labute approximate surface area is 146 Å². The Kier molecular flexibility index (Phi) is 12.0. The van der Waals surface area contributed by atoms with Crippen molar-refractivity contribution in [2.45, 2.75) is 111 Å². The molecule has 1 rings (SSSR count). The molecule has 0 saturated heterocycles. The number of hydrogen-bond donors (Lipinski definition) is 0. The van der Waals surface area contributed by atoms with E-state index in [1.807, 2.05) is 0 Å². The van der Waals surface area contributed by atoms with Crippen molar-refractivity contribution in [2.75, 3.05) is 0 Å². The van der Waals surface area contributed by atoms with Crippen molar-refractivity contribution in [3.8, 4) is 0 Å². The maximum atomic E-state index is 3.40. The summed E-state index contributed by atoms with van der Waals surface area (Å²) in [6.07, 6.45) is 19.3. The van der Waals surface area contributed by atoms with Crippen LogP contribution in [0.25, 0.3) is 0 Å². The van der Waals surface area contributed by atoms with Crippen LogP contribution in [0, 0.1) is 13.0 Å². The van der Waals surface area contributed by atoms with Crippen LogP contribution in [0.3, 0.4) is 0 Å². The first-order valence-corrected chi connectivity index (χ1v) is 10.3. The Morgan fingerprint density at radius 3 is 1.87 bits per heavy atom. The van der Waals surface area contributed by atoms with Crippen molar-refractivity contribution in [2.24, 2.45) is 0 Å². The smallest absolute Gasteiger partial charge is 0.0149 e. The standard InChI is InChI=1S/C23H39/c1-4-6-8-9-10-11-12-13-14-15-20-23-21(3)17-16-19-22(23)18-7-5-2/h16,19H,4-15,18,20H2,1-3H3. The van der Waals surface area contributed by atoms with Crippen LogP contribution >= 0.6 is 0 Å². The van der Waals surface area contributed by atoms with E-state index in [-0.39, 0.29) is 0 Å². The summed E-state index contributed by atoms with van der Waals surface area (Å²) < 4.78 is 0. The van der Waals surface area contributed by atoms with Crippen molar-refractivity contribution in [3.63, 3.8) is 0 Å². The summed E-state index contributed by atoms with van der Waals surface area (Å²) in [7, 11) is 0. The lowest BCUT2D eigenvalue weighted by Crippen LogP contribution is -1.98. The Bertz CT molecular complexity index is 391. The molecule has 23 heavy (non-hydrogen) atoms. The highest BCUT2D eigenvalue weighted by Crippen LogP contribution is 2.20. The topological polar surface area (TPSA) is 0 Å². The van der Waals surface area contributed by atoms with Gasteiger partial charge in [0.25, 0.3) is 0 Å². The van der Waals surface area contributed by atoms with Crippen LogP contribution in [0.4, 0.5) is 0 Å². The van der Waals surface area contributed by atoms with Crippen LogP contribution < -0.4 is 0 Å². The van der Waals surface area contributed by atoms with Gasteiger partial charge in [-0.3, -0.25) is 0 Å². The van der Waals surface area contributed by atoms with Gasteiger partial charge in [0.05, 0.1) is 0 Å². The summed E-state index contributed by atoms with van der Waals surface area (Å²) in [6, 6.07) is 7.82. The van der Waals surface area contributed by atoms with E-state index in [4.69, 9.17) is 0 Å². The molecule has 0 amide bonds. The summed E-state index contributed by atoms with van der Waals surface area (Å²) in [5.74, 6) is 0. The van der Waals surface area contributed by atoms with Gasteiger partial charge in [0.2, 0.25) is 0 Å². The van der Waals surface area contributed by atoms with Gasteiger partial charge in [-0.15, -0.1) is 0 Å². The second kappa shape index (κ2) is 13.6. The molecule has 0 aliphatic rings. The Hall–Kier alpha value is -0.780. The minimum absolute atomic E-state index is 1.25. The van der Waals surface area contributed by atoms with E-state index in [2.05, 4.69) is 39.0 Å².